The number of carbonyl (C=O) groups is 2. The number of nitrogens with one attached hydrogen (secondary N) is 2. The van der Waals surface area contributed by atoms with Gasteiger partial charge < -0.3 is 20.1 Å². The van der Waals surface area contributed by atoms with Crippen LogP contribution in [0, 0.1) is 10.1 Å². The molecule has 1 heterocycles. The van der Waals surface area contributed by atoms with Crippen LogP contribution in [0.2, 0.25) is 0 Å². The van der Waals surface area contributed by atoms with Gasteiger partial charge in [-0.1, -0.05) is 33.6 Å². The van der Waals surface area contributed by atoms with E-state index in [4.69, 9.17) is 9.47 Å². The molecule has 0 saturated carbocycles. The number of hydrogen-bond acceptors (Lipinski definition) is 7. The van der Waals surface area contributed by atoms with E-state index in [-0.39, 0.29) is 36.1 Å². The number of fused-ring (bicyclic) bond motifs is 1. The molecule has 1 aromatic rings. The molecule has 1 aliphatic rings. The monoisotopic (exact) mass is 449 g/mol. The van der Waals surface area contributed by atoms with E-state index in [1.807, 2.05) is 6.92 Å². The minimum Gasteiger partial charge on any atom is -0.483 e. The molecule has 9 nitrogen and oxygen atoms in total. The number of anilines is 1. The predicted octanol–water partition coefficient (Wildman–Crippen LogP) is 4.65. The molecular weight excluding hydrogens is 414 g/mol. The predicted molar refractivity (Wildman–Crippen MR) is 122 cm³/mol. The molecule has 2 N–H and O–H groups in total. The average molecular weight is 450 g/mol. The number of hydrogen-bond donors (Lipinski definition) is 2. The second kappa shape index (κ2) is 11.3. The minimum absolute atomic E-state index is 0.108. The van der Waals surface area contributed by atoms with Crippen LogP contribution < -0.4 is 15.4 Å². The fourth-order valence-corrected chi connectivity index (χ4v) is 3.80. The molecule has 0 aliphatic carbocycles. The Morgan fingerprint density at radius 1 is 1.19 bits per heavy atom. The molecule has 2 unspecified atom stereocenters. The van der Waals surface area contributed by atoms with Gasteiger partial charge in [0.05, 0.1) is 17.0 Å². The molecule has 0 fully saturated rings. The van der Waals surface area contributed by atoms with Crippen molar-refractivity contribution >= 4 is 23.3 Å². The molecule has 0 spiro atoms. The third kappa shape index (κ3) is 6.18. The Labute approximate surface area is 189 Å². The lowest BCUT2D eigenvalue weighted by Gasteiger charge is -2.44. The van der Waals surface area contributed by atoms with Crippen LogP contribution in [0.4, 0.5) is 11.4 Å². The van der Waals surface area contributed by atoms with E-state index in [2.05, 4.69) is 17.6 Å². The molecule has 0 aromatic heterocycles. The highest BCUT2D eigenvalue weighted by Gasteiger charge is 2.47. The number of benzene rings is 1. The number of unbranched alkanes of at least 4 members (excludes halogenated alkanes) is 2. The van der Waals surface area contributed by atoms with Crippen molar-refractivity contribution in [3.8, 4) is 5.75 Å². The van der Waals surface area contributed by atoms with Gasteiger partial charge in [-0.2, -0.15) is 0 Å². The van der Waals surface area contributed by atoms with E-state index < -0.39 is 22.7 Å². The Morgan fingerprint density at radius 3 is 2.50 bits per heavy atom. The van der Waals surface area contributed by atoms with E-state index >= 15 is 0 Å². The summed E-state index contributed by atoms with van der Waals surface area (Å²) in [5.41, 5.74) is -0.428. The molecule has 178 valence electrons. The second-order valence-electron chi connectivity index (χ2n) is 8.57. The number of esters is 1. The van der Waals surface area contributed by atoms with Crippen LogP contribution >= 0.6 is 0 Å². The number of amides is 1. The van der Waals surface area contributed by atoms with Crippen molar-refractivity contribution in [3.05, 3.63) is 27.8 Å². The van der Waals surface area contributed by atoms with Crippen LogP contribution in [-0.2, 0) is 14.3 Å². The molecule has 1 aliphatic heterocycles. The topological polar surface area (TPSA) is 120 Å². The Kier molecular flexibility index (Phi) is 9.00. The van der Waals surface area contributed by atoms with Gasteiger partial charge in [-0.05, 0) is 39.3 Å². The van der Waals surface area contributed by atoms with E-state index in [9.17, 15) is 19.7 Å². The number of ether oxygens (including phenoxy) is 2. The molecule has 0 saturated heterocycles. The lowest BCUT2D eigenvalue weighted by Crippen LogP contribution is -2.54. The van der Waals surface area contributed by atoms with Crippen molar-refractivity contribution in [2.24, 2.45) is 0 Å². The fourth-order valence-electron chi connectivity index (χ4n) is 3.80. The first-order valence-electron chi connectivity index (χ1n) is 11.4. The summed E-state index contributed by atoms with van der Waals surface area (Å²) in [6.07, 6.45) is 3.50. The number of nitrogens with zero attached hydrogens (tertiary/aromatic N) is 1. The molecule has 32 heavy (non-hydrogen) atoms. The Balaban J connectivity index is 2.53. The van der Waals surface area contributed by atoms with Crippen molar-refractivity contribution in [3.63, 3.8) is 0 Å². The van der Waals surface area contributed by atoms with E-state index in [0.29, 0.717) is 24.3 Å². The van der Waals surface area contributed by atoms with Gasteiger partial charge in [0.2, 0.25) is 5.91 Å². The number of carbonyl (C=O) groups excluding carboxylic acids is 2. The molecule has 1 aromatic carbocycles. The summed E-state index contributed by atoms with van der Waals surface area (Å²) in [6, 6.07) is 2.47. The minimum atomic E-state index is -0.916. The largest absolute Gasteiger partial charge is 0.483 e. The highest BCUT2D eigenvalue weighted by atomic mass is 16.6. The zero-order chi connectivity index (χ0) is 23.9. The van der Waals surface area contributed by atoms with E-state index in [1.165, 1.54) is 6.07 Å². The summed E-state index contributed by atoms with van der Waals surface area (Å²) in [5, 5.41) is 17.8. The molecule has 2 rings (SSSR count). The maximum atomic E-state index is 12.2. The summed E-state index contributed by atoms with van der Waals surface area (Å²) in [7, 11) is 0. The third-order valence-electron chi connectivity index (χ3n) is 5.46. The van der Waals surface area contributed by atoms with Gasteiger partial charge in [-0.25, -0.2) is 0 Å². The lowest BCUT2D eigenvalue weighted by molar-refractivity contribution is -0.384. The van der Waals surface area contributed by atoms with Gasteiger partial charge >= 0.3 is 5.97 Å². The molecular formula is C23H35N3O6. The van der Waals surface area contributed by atoms with E-state index in [0.717, 1.165) is 19.3 Å². The van der Waals surface area contributed by atoms with Gasteiger partial charge in [0.1, 0.15) is 17.0 Å². The van der Waals surface area contributed by atoms with Crippen LogP contribution in [0.1, 0.15) is 84.7 Å². The lowest BCUT2D eigenvalue weighted by atomic mass is 9.85. The Bertz CT molecular complexity index is 839. The number of nitro groups is 1. The van der Waals surface area contributed by atoms with Crippen LogP contribution in [-0.4, -0.2) is 35.0 Å². The van der Waals surface area contributed by atoms with Gasteiger partial charge in [0.15, 0.2) is 6.10 Å². The third-order valence-corrected chi connectivity index (χ3v) is 5.46. The Morgan fingerprint density at radius 2 is 1.91 bits per heavy atom. The summed E-state index contributed by atoms with van der Waals surface area (Å²) >= 11 is 0. The van der Waals surface area contributed by atoms with Gasteiger partial charge in [0.25, 0.3) is 5.69 Å². The molecule has 1 amide bonds. The summed E-state index contributed by atoms with van der Waals surface area (Å²) < 4.78 is 11.9. The highest BCUT2D eigenvalue weighted by molar-refractivity contribution is 5.93. The fraction of sp³-hybridized carbons (Fsp3) is 0.652. The van der Waals surface area contributed by atoms with Crippen LogP contribution in [0.3, 0.4) is 0 Å². The first-order valence-corrected chi connectivity index (χ1v) is 11.4. The van der Waals surface area contributed by atoms with Gasteiger partial charge in [-0.3, -0.25) is 19.7 Å². The number of rotatable bonds is 11. The molecule has 0 bridgehead atoms. The highest BCUT2D eigenvalue weighted by Crippen LogP contribution is 2.45. The quantitative estimate of drug-likeness (QED) is 0.218. The van der Waals surface area contributed by atoms with Gasteiger partial charge in [-0.15, -0.1) is 0 Å². The standard InChI is InChI=1S/C23H35N3O6/c1-6-9-10-12-24-21-15-13-16(25-19(27)11-7-2)17(26(29)30)14-18(15)32-23(4,5)22(21)31-20(28)8-3/h13-14,21-22,24H,6-12H2,1-5H3,(H,25,27). The maximum absolute atomic E-state index is 12.2. The van der Waals surface area contributed by atoms with Crippen molar-refractivity contribution < 1.29 is 24.0 Å². The smallest absolute Gasteiger partial charge is 0.305 e. The summed E-state index contributed by atoms with van der Waals surface area (Å²) in [6.45, 7) is 9.98. The zero-order valence-electron chi connectivity index (χ0n) is 19.7. The summed E-state index contributed by atoms with van der Waals surface area (Å²) in [5.74, 6) is -0.310. The normalized spacial score (nSPS) is 18.9. The summed E-state index contributed by atoms with van der Waals surface area (Å²) in [4.78, 5) is 35.5. The Hall–Kier alpha value is -2.68. The average Bonchev–Trinajstić information content (AvgIpc) is 2.72. The zero-order valence-corrected chi connectivity index (χ0v) is 19.7. The second-order valence-corrected chi connectivity index (χ2v) is 8.57. The van der Waals surface area contributed by atoms with Crippen molar-refractivity contribution in [2.45, 2.75) is 90.9 Å². The van der Waals surface area contributed by atoms with Crippen LogP contribution in [0.15, 0.2) is 12.1 Å². The van der Waals surface area contributed by atoms with Crippen molar-refractivity contribution in [1.82, 2.24) is 5.32 Å². The van der Waals surface area contributed by atoms with E-state index in [1.54, 1.807) is 26.8 Å². The van der Waals surface area contributed by atoms with Crippen LogP contribution in [0.25, 0.3) is 0 Å². The number of nitro benzene ring substituents is 1. The first-order chi connectivity index (χ1) is 15.1. The van der Waals surface area contributed by atoms with Crippen molar-refractivity contribution in [1.29, 1.82) is 0 Å². The first kappa shape index (κ1) is 25.6. The van der Waals surface area contributed by atoms with Gasteiger partial charge in [0, 0.05) is 18.4 Å². The SMILES string of the molecule is CCCCCNC1c2cc(NC(=O)CCC)c([N+](=O)[O-])cc2OC(C)(C)C1OC(=O)CC. The maximum Gasteiger partial charge on any atom is 0.305 e. The van der Waals surface area contributed by atoms with Crippen molar-refractivity contribution in [2.75, 3.05) is 11.9 Å². The van der Waals surface area contributed by atoms with Crippen LogP contribution in [0.5, 0.6) is 5.75 Å². The molecule has 2 atom stereocenters. The molecule has 9 heteroatoms. The molecule has 0 radical (unpaired) electrons.